The van der Waals surface area contributed by atoms with Crippen molar-refractivity contribution in [1.82, 2.24) is 0 Å². The fourth-order valence-corrected chi connectivity index (χ4v) is 3.13. The van der Waals surface area contributed by atoms with Crippen LogP contribution in [0.1, 0.15) is 18.1 Å². The molecule has 0 aliphatic rings. The van der Waals surface area contributed by atoms with Gasteiger partial charge < -0.3 is 33.5 Å². The minimum absolute atomic E-state index is 0.0469. The SMILES string of the molecule is COc1cc(C[C@H](C)Oc2c(OC)cc(C=CCO)cc2OC)cc(OC)c1OC. The van der Waals surface area contributed by atoms with Crippen molar-refractivity contribution in [2.24, 2.45) is 0 Å². The molecule has 0 aliphatic heterocycles. The first-order valence-corrected chi connectivity index (χ1v) is 9.50. The van der Waals surface area contributed by atoms with Crippen LogP contribution < -0.4 is 28.4 Å². The molecule has 0 fully saturated rings. The van der Waals surface area contributed by atoms with E-state index in [9.17, 15) is 0 Å². The van der Waals surface area contributed by atoms with Crippen molar-refractivity contribution >= 4 is 6.08 Å². The number of aliphatic hydroxyl groups is 1. The topological polar surface area (TPSA) is 75.6 Å². The molecule has 164 valence electrons. The van der Waals surface area contributed by atoms with Crippen molar-refractivity contribution in [2.45, 2.75) is 19.4 Å². The Kier molecular flexibility index (Phi) is 8.68. The van der Waals surface area contributed by atoms with Crippen molar-refractivity contribution in [3.05, 3.63) is 41.5 Å². The van der Waals surface area contributed by atoms with Gasteiger partial charge in [0, 0.05) is 6.42 Å². The van der Waals surface area contributed by atoms with Crippen molar-refractivity contribution in [2.75, 3.05) is 42.2 Å². The van der Waals surface area contributed by atoms with Crippen LogP contribution >= 0.6 is 0 Å². The van der Waals surface area contributed by atoms with Gasteiger partial charge >= 0.3 is 0 Å². The lowest BCUT2D eigenvalue weighted by Crippen LogP contribution is -2.16. The maximum Gasteiger partial charge on any atom is 0.203 e. The maximum atomic E-state index is 9.00. The monoisotopic (exact) mass is 418 g/mol. The largest absolute Gasteiger partial charge is 0.493 e. The normalized spacial score (nSPS) is 11.8. The quantitative estimate of drug-likeness (QED) is 0.596. The third kappa shape index (κ3) is 5.51. The predicted octanol–water partition coefficient (Wildman–Crippen LogP) is 3.75. The van der Waals surface area contributed by atoms with Gasteiger partial charge in [0.25, 0.3) is 0 Å². The van der Waals surface area contributed by atoms with Gasteiger partial charge in [-0.05, 0) is 42.3 Å². The molecule has 30 heavy (non-hydrogen) atoms. The molecule has 7 heteroatoms. The molecule has 7 nitrogen and oxygen atoms in total. The Balaban J connectivity index is 2.30. The highest BCUT2D eigenvalue weighted by Crippen LogP contribution is 2.41. The molecule has 0 aromatic heterocycles. The van der Waals surface area contributed by atoms with Crippen molar-refractivity contribution < 1.29 is 33.5 Å². The highest BCUT2D eigenvalue weighted by molar-refractivity contribution is 5.62. The number of rotatable bonds is 11. The molecule has 0 radical (unpaired) electrons. The van der Waals surface area contributed by atoms with Gasteiger partial charge in [-0.15, -0.1) is 0 Å². The number of ether oxygens (including phenoxy) is 6. The molecular formula is C23H30O7. The fourth-order valence-electron chi connectivity index (χ4n) is 3.13. The first kappa shape index (κ1) is 23.2. The van der Waals surface area contributed by atoms with Crippen LogP contribution in [0.3, 0.4) is 0 Å². The first-order chi connectivity index (χ1) is 14.5. The average molecular weight is 418 g/mol. The Morgan fingerprint density at radius 3 is 1.70 bits per heavy atom. The van der Waals surface area contributed by atoms with Crippen LogP contribution in [-0.4, -0.2) is 53.4 Å². The smallest absolute Gasteiger partial charge is 0.203 e. The number of hydrogen-bond donors (Lipinski definition) is 1. The molecule has 0 spiro atoms. The summed E-state index contributed by atoms with van der Waals surface area (Å²) >= 11 is 0. The van der Waals surface area contributed by atoms with E-state index in [2.05, 4.69) is 0 Å². The molecular weight excluding hydrogens is 388 g/mol. The van der Waals surface area contributed by atoms with Crippen LogP contribution in [0.5, 0.6) is 34.5 Å². The molecule has 0 saturated heterocycles. The highest BCUT2D eigenvalue weighted by atomic mass is 16.5. The lowest BCUT2D eigenvalue weighted by Gasteiger charge is -2.21. The van der Waals surface area contributed by atoms with Crippen molar-refractivity contribution in [3.8, 4) is 34.5 Å². The molecule has 2 aromatic rings. The minimum Gasteiger partial charge on any atom is -0.493 e. The molecule has 0 saturated carbocycles. The second-order valence-electron chi connectivity index (χ2n) is 6.51. The van der Waals surface area contributed by atoms with Gasteiger partial charge in [-0.2, -0.15) is 0 Å². The van der Waals surface area contributed by atoms with Crippen LogP contribution in [0.4, 0.5) is 0 Å². The Morgan fingerprint density at radius 2 is 1.27 bits per heavy atom. The summed E-state index contributed by atoms with van der Waals surface area (Å²) < 4.78 is 33.4. The number of methoxy groups -OCH3 is 5. The van der Waals surface area contributed by atoms with Crippen LogP contribution in [0.2, 0.25) is 0 Å². The Hall–Kier alpha value is -3.06. The molecule has 2 aromatic carbocycles. The van der Waals surface area contributed by atoms with Crippen LogP contribution in [0, 0.1) is 0 Å². The Bertz CT molecular complexity index is 811. The van der Waals surface area contributed by atoms with E-state index in [0.717, 1.165) is 11.1 Å². The zero-order valence-electron chi connectivity index (χ0n) is 18.4. The summed E-state index contributed by atoms with van der Waals surface area (Å²) in [5.74, 6) is 3.34. The van der Waals surface area contributed by atoms with Gasteiger partial charge in [-0.25, -0.2) is 0 Å². The summed E-state index contributed by atoms with van der Waals surface area (Å²) in [7, 11) is 7.90. The summed E-state index contributed by atoms with van der Waals surface area (Å²) in [5.41, 5.74) is 1.81. The summed E-state index contributed by atoms with van der Waals surface area (Å²) in [6, 6.07) is 7.46. The van der Waals surface area contributed by atoms with E-state index in [1.165, 1.54) is 0 Å². The average Bonchev–Trinajstić information content (AvgIpc) is 2.77. The molecule has 1 atom stereocenters. The first-order valence-electron chi connectivity index (χ1n) is 9.50. The van der Waals surface area contributed by atoms with Gasteiger partial charge in [0.1, 0.15) is 6.10 Å². The van der Waals surface area contributed by atoms with Crippen molar-refractivity contribution in [1.29, 1.82) is 0 Å². The number of hydrogen-bond acceptors (Lipinski definition) is 7. The molecule has 0 aliphatic carbocycles. The zero-order chi connectivity index (χ0) is 22.1. The number of benzene rings is 2. The summed E-state index contributed by atoms with van der Waals surface area (Å²) in [5, 5.41) is 9.00. The predicted molar refractivity (Wildman–Crippen MR) is 116 cm³/mol. The van der Waals surface area contributed by atoms with Crippen molar-refractivity contribution in [3.63, 3.8) is 0 Å². The molecule has 0 unspecified atom stereocenters. The Labute approximate surface area is 177 Å². The van der Waals surface area contributed by atoms with Crippen LogP contribution in [-0.2, 0) is 6.42 Å². The van der Waals surface area contributed by atoms with E-state index < -0.39 is 0 Å². The Morgan fingerprint density at radius 1 is 0.767 bits per heavy atom. The molecule has 0 heterocycles. The lowest BCUT2D eigenvalue weighted by atomic mass is 10.1. The molecule has 0 amide bonds. The van der Waals surface area contributed by atoms with E-state index in [1.54, 1.807) is 47.7 Å². The molecule has 2 rings (SSSR count). The van der Waals surface area contributed by atoms with E-state index in [-0.39, 0.29) is 12.7 Å². The van der Waals surface area contributed by atoms with Crippen LogP contribution in [0.15, 0.2) is 30.3 Å². The van der Waals surface area contributed by atoms with Gasteiger partial charge in [-0.1, -0.05) is 12.2 Å². The van der Waals surface area contributed by atoms with E-state index >= 15 is 0 Å². The summed E-state index contributed by atoms with van der Waals surface area (Å²) in [6.45, 7) is 1.91. The highest BCUT2D eigenvalue weighted by Gasteiger charge is 2.19. The van der Waals surface area contributed by atoms with E-state index in [4.69, 9.17) is 33.5 Å². The van der Waals surface area contributed by atoms with Gasteiger partial charge in [0.15, 0.2) is 23.0 Å². The van der Waals surface area contributed by atoms with Gasteiger partial charge in [0.2, 0.25) is 11.5 Å². The summed E-state index contributed by atoms with van der Waals surface area (Å²) in [4.78, 5) is 0. The fraction of sp³-hybridized carbons (Fsp3) is 0.391. The minimum atomic E-state index is -0.200. The molecule has 0 bridgehead atoms. The number of aliphatic hydroxyl groups excluding tert-OH is 1. The van der Waals surface area contributed by atoms with Gasteiger partial charge in [-0.3, -0.25) is 0 Å². The van der Waals surface area contributed by atoms with Crippen LogP contribution in [0.25, 0.3) is 6.08 Å². The lowest BCUT2D eigenvalue weighted by molar-refractivity contribution is 0.201. The van der Waals surface area contributed by atoms with Gasteiger partial charge in [0.05, 0.1) is 42.2 Å². The zero-order valence-corrected chi connectivity index (χ0v) is 18.4. The molecule has 1 N–H and O–H groups in total. The summed E-state index contributed by atoms with van der Waals surface area (Å²) in [6.07, 6.45) is 3.82. The second-order valence-corrected chi connectivity index (χ2v) is 6.51. The second kappa shape index (κ2) is 11.2. The third-order valence-corrected chi connectivity index (χ3v) is 4.47. The maximum absolute atomic E-state index is 9.00. The standard InChI is InChI=1S/C23H30O7/c1-15(10-17-13-18(25-2)22(29-6)19(14-17)26-3)30-23-20(27-4)11-16(8-7-9-24)12-21(23)28-5/h7-8,11-15,24H,9-10H2,1-6H3/t15-/m0/s1. The van der Waals surface area contributed by atoms with E-state index in [0.29, 0.717) is 40.9 Å². The van der Waals surface area contributed by atoms with E-state index in [1.807, 2.05) is 31.2 Å². The third-order valence-electron chi connectivity index (χ3n) is 4.47.